The Labute approximate surface area is 116 Å². The minimum Gasteiger partial charge on any atom is -0.478 e. The molecule has 104 valence electrons. The zero-order chi connectivity index (χ0) is 14.3. The van der Waals surface area contributed by atoms with Crippen molar-refractivity contribution < 1.29 is 14.7 Å². The molecule has 0 fully saturated rings. The number of carbonyl (C=O) groups excluding carboxylic acids is 1. The molecule has 0 saturated heterocycles. The lowest BCUT2D eigenvalue weighted by atomic mass is 10.1. The number of urea groups is 1. The van der Waals surface area contributed by atoms with E-state index in [2.05, 4.69) is 10.6 Å². The predicted octanol–water partition coefficient (Wildman–Crippen LogP) is 1.94. The molecule has 1 rings (SSSR count). The lowest BCUT2D eigenvalue weighted by molar-refractivity contribution is 0.0697. The second-order valence-electron chi connectivity index (χ2n) is 4.19. The summed E-state index contributed by atoms with van der Waals surface area (Å²) < 4.78 is 0. The fraction of sp³-hybridized carbons (Fsp3) is 0.385. The number of aromatic carboxylic acids is 1. The molecule has 1 atom stereocenters. The van der Waals surface area contributed by atoms with Crippen molar-refractivity contribution >= 4 is 23.8 Å². The van der Waals surface area contributed by atoms with Crippen molar-refractivity contribution in [3.05, 3.63) is 35.4 Å². The van der Waals surface area contributed by atoms with Crippen LogP contribution in [0.3, 0.4) is 0 Å². The van der Waals surface area contributed by atoms with Crippen LogP contribution in [0.5, 0.6) is 0 Å². The van der Waals surface area contributed by atoms with Gasteiger partial charge in [-0.15, -0.1) is 0 Å². The van der Waals surface area contributed by atoms with Gasteiger partial charge >= 0.3 is 12.0 Å². The average molecular weight is 282 g/mol. The summed E-state index contributed by atoms with van der Waals surface area (Å²) in [6.07, 6.45) is 1.99. The highest BCUT2D eigenvalue weighted by Gasteiger charge is 2.06. The Hall–Kier alpha value is -1.69. The van der Waals surface area contributed by atoms with Crippen molar-refractivity contribution in [1.82, 2.24) is 10.6 Å². The third-order valence-corrected chi connectivity index (χ3v) is 3.28. The number of nitrogens with one attached hydrogen (secondary N) is 2. The minimum absolute atomic E-state index is 0.115. The molecule has 1 unspecified atom stereocenters. The summed E-state index contributed by atoms with van der Waals surface area (Å²) in [6, 6.07) is 6.32. The molecule has 5 nitrogen and oxygen atoms in total. The van der Waals surface area contributed by atoms with Crippen molar-refractivity contribution in [3.63, 3.8) is 0 Å². The molecule has 0 heterocycles. The lowest BCUT2D eigenvalue weighted by Gasteiger charge is -2.13. The maximum Gasteiger partial charge on any atom is 0.335 e. The maximum atomic E-state index is 11.6. The second kappa shape index (κ2) is 7.68. The molecule has 3 N–H and O–H groups in total. The third-order valence-electron chi connectivity index (χ3n) is 2.45. The molecule has 0 radical (unpaired) electrons. The first-order valence-corrected chi connectivity index (χ1v) is 7.28. The maximum absolute atomic E-state index is 11.6. The van der Waals surface area contributed by atoms with Crippen LogP contribution in [0.1, 0.15) is 22.8 Å². The van der Waals surface area contributed by atoms with Crippen LogP contribution in [0.2, 0.25) is 0 Å². The molecule has 6 heteroatoms. The Morgan fingerprint density at radius 3 is 2.47 bits per heavy atom. The highest BCUT2D eigenvalue weighted by molar-refractivity contribution is 7.98. The number of amides is 2. The van der Waals surface area contributed by atoms with Crippen LogP contribution in [-0.2, 0) is 6.54 Å². The minimum atomic E-state index is -0.955. The first kappa shape index (κ1) is 15.4. The van der Waals surface area contributed by atoms with E-state index in [-0.39, 0.29) is 17.6 Å². The van der Waals surface area contributed by atoms with Crippen LogP contribution in [0.4, 0.5) is 4.79 Å². The van der Waals surface area contributed by atoms with Gasteiger partial charge in [-0.25, -0.2) is 9.59 Å². The van der Waals surface area contributed by atoms with Crippen molar-refractivity contribution in [3.8, 4) is 0 Å². The Balaban J connectivity index is 2.39. The standard InChI is InChI=1S/C13H18N2O3S/c1-9(8-19-2)15-13(18)14-7-10-3-5-11(6-4-10)12(16)17/h3-6,9H,7-8H2,1-2H3,(H,16,17)(H2,14,15,18). The second-order valence-corrected chi connectivity index (χ2v) is 5.10. The molecule has 1 aromatic carbocycles. The number of benzene rings is 1. The zero-order valence-corrected chi connectivity index (χ0v) is 11.8. The number of thioether (sulfide) groups is 1. The first-order chi connectivity index (χ1) is 9.02. The number of hydrogen-bond donors (Lipinski definition) is 3. The molecule has 0 aliphatic rings. The summed E-state index contributed by atoms with van der Waals surface area (Å²) in [4.78, 5) is 22.2. The van der Waals surface area contributed by atoms with Gasteiger partial charge in [-0.05, 0) is 30.9 Å². The Kier molecular flexibility index (Phi) is 6.21. The van der Waals surface area contributed by atoms with Crippen LogP contribution in [0.15, 0.2) is 24.3 Å². The van der Waals surface area contributed by atoms with Crippen LogP contribution in [-0.4, -0.2) is 35.2 Å². The summed E-state index contributed by atoms with van der Waals surface area (Å²) in [5.74, 6) is -0.0936. The van der Waals surface area contributed by atoms with Crippen molar-refractivity contribution in [2.24, 2.45) is 0 Å². The van der Waals surface area contributed by atoms with E-state index in [1.165, 1.54) is 12.1 Å². The molecule has 0 bridgehead atoms. The molecule has 0 saturated carbocycles. The number of carboxylic acids is 1. The van der Waals surface area contributed by atoms with Crippen LogP contribution in [0.25, 0.3) is 0 Å². The number of hydrogen-bond acceptors (Lipinski definition) is 3. The van der Waals surface area contributed by atoms with E-state index in [1.54, 1.807) is 23.9 Å². The fourth-order valence-electron chi connectivity index (χ4n) is 1.51. The summed E-state index contributed by atoms with van der Waals surface area (Å²) in [6.45, 7) is 2.31. The zero-order valence-electron chi connectivity index (χ0n) is 11.0. The van der Waals surface area contributed by atoms with Crippen molar-refractivity contribution in [2.75, 3.05) is 12.0 Å². The molecule has 19 heavy (non-hydrogen) atoms. The van der Waals surface area contributed by atoms with E-state index in [1.807, 2.05) is 13.2 Å². The predicted molar refractivity (Wildman–Crippen MR) is 76.6 cm³/mol. The average Bonchev–Trinajstić information content (AvgIpc) is 2.37. The van der Waals surface area contributed by atoms with Gasteiger partial charge in [0.25, 0.3) is 0 Å². The monoisotopic (exact) mass is 282 g/mol. The quantitative estimate of drug-likeness (QED) is 0.745. The van der Waals surface area contributed by atoms with Crippen molar-refractivity contribution in [2.45, 2.75) is 19.5 Å². The molecule has 0 aromatic heterocycles. The van der Waals surface area contributed by atoms with Gasteiger partial charge in [-0.3, -0.25) is 0 Å². The van der Waals surface area contributed by atoms with Gasteiger partial charge < -0.3 is 15.7 Å². The van der Waals surface area contributed by atoms with E-state index in [9.17, 15) is 9.59 Å². The van der Waals surface area contributed by atoms with Crippen LogP contribution >= 0.6 is 11.8 Å². The van der Waals surface area contributed by atoms with Crippen LogP contribution in [0, 0.1) is 0 Å². The normalized spacial score (nSPS) is 11.7. The van der Waals surface area contributed by atoms with E-state index in [0.717, 1.165) is 11.3 Å². The first-order valence-electron chi connectivity index (χ1n) is 5.88. The number of carbonyl (C=O) groups is 2. The van der Waals surface area contributed by atoms with Gasteiger partial charge in [0, 0.05) is 18.3 Å². The summed E-state index contributed by atoms with van der Waals surface area (Å²) >= 11 is 1.67. The highest BCUT2D eigenvalue weighted by atomic mass is 32.2. The summed E-state index contributed by atoms with van der Waals surface area (Å²) in [5, 5.41) is 14.3. The molecule has 0 spiro atoms. The molecule has 1 aromatic rings. The van der Waals surface area contributed by atoms with Crippen molar-refractivity contribution in [1.29, 1.82) is 0 Å². The van der Waals surface area contributed by atoms with E-state index in [4.69, 9.17) is 5.11 Å². The lowest BCUT2D eigenvalue weighted by Crippen LogP contribution is -2.41. The summed E-state index contributed by atoms with van der Waals surface area (Å²) in [5.41, 5.74) is 1.10. The van der Waals surface area contributed by atoms with Gasteiger partial charge in [0.15, 0.2) is 0 Å². The van der Waals surface area contributed by atoms with Gasteiger partial charge in [0.1, 0.15) is 0 Å². The molecule has 2 amide bonds. The molecular weight excluding hydrogens is 264 g/mol. The highest BCUT2D eigenvalue weighted by Crippen LogP contribution is 2.04. The fourth-order valence-corrected chi connectivity index (χ4v) is 2.10. The Morgan fingerprint density at radius 1 is 1.32 bits per heavy atom. The van der Waals surface area contributed by atoms with Gasteiger partial charge in [0.05, 0.1) is 5.56 Å². The van der Waals surface area contributed by atoms with Gasteiger partial charge in [0.2, 0.25) is 0 Å². The number of rotatable bonds is 6. The third kappa shape index (κ3) is 5.65. The smallest absolute Gasteiger partial charge is 0.335 e. The Morgan fingerprint density at radius 2 is 1.95 bits per heavy atom. The topological polar surface area (TPSA) is 78.4 Å². The van der Waals surface area contributed by atoms with Gasteiger partial charge in [-0.2, -0.15) is 11.8 Å². The van der Waals surface area contributed by atoms with Crippen LogP contribution < -0.4 is 10.6 Å². The molecule has 0 aliphatic heterocycles. The van der Waals surface area contributed by atoms with E-state index < -0.39 is 5.97 Å². The SMILES string of the molecule is CSCC(C)NC(=O)NCc1ccc(C(=O)O)cc1. The largest absolute Gasteiger partial charge is 0.478 e. The molecular formula is C13H18N2O3S. The molecule has 0 aliphatic carbocycles. The van der Waals surface area contributed by atoms with E-state index in [0.29, 0.717) is 6.54 Å². The Bertz CT molecular complexity index is 434. The summed E-state index contributed by atoms with van der Waals surface area (Å²) in [7, 11) is 0. The van der Waals surface area contributed by atoms with E-state index >= 15 is 0 Å². The number of carboxylic acid groups (broad SMARTS) is 1. The van der Waals surface area contributed by atoms with Gasteiger partial charge in [-0.1, -0.05) is 12.1 Å².